The number of para-hydroxylation sites is 1. The molecule has 5 aromatic rings. The first kappa shape index (κ1) is 19.3. The predicted octanol–water partition coefficient (Wildman–Crippen LogP) is 6.26. The number of thioether (sulfide) groups is 1. The van der Waals surface area contributed by atoms with E-state index in [9.17, 15) is 0 Å². The lowest BCUT2D eigenvalue weighted by atomic mass is 10.1. The van der Waals surface area contributed by atoms with Crippen molar-refractivity contribution in [3.8, 4) is 16.9 Å². The maximum absolute atomic E-state index is 4.82. The van der Waals surface area contributed by atoms with Crippen LogP contribution in [0.2, 0.25) is 0 Å². The SMILES string of the molecule is CSc1nn(-c2ccccc2)c(C)c1-c1ccnc(Nc2ccc3ccccc3c2)n1. The lowest BCUT2D eigenvalue weighted by molar-refractivity contribution is 0.814. The van der Waals surface area contributed by atoms with Crippen LogP contribution in [0.4, 0.5) is 11.6 Å². The highest BCUT2D eigenvalue weighted by atomic mass is 32.2. The van der Waals surface area contributed by atoms with Gasteiger partial charge in [0.1, 0.15) is 5.03 Å². The molecule has 31 heavy (non-hydrogen) atoms. The molecule has 2 heterocycles. The van der Waals surface area contributed by atoms with Gasteiger partial charge in [0.15, 0.2) is 0 Å². The molecule has 0 aliphatic carbocycles. The first-order valence-electron chi connectivity index (χ1n) is 10.0. The summed E-state index contributed by atoms with van der Waals surface area (Å²) in [5.41, 5.74) is 4.91. The van der Waals surface area contributed by atoms with Crippen LogP contribution in [0.1, 0.15) is 5.69 Å². The zero-order chi connectivity index (χ0) is 21.2. The fraction of sp³-hybridized carbons (Fsp3) is 0.0800. The van der Waals surface area contributed by atoms with Crippen LogP contribution in [-0.4, -0.2) is 26.0 Å². The van der Waals surface area contributed by atoms with Crippen LogP contribution < -0.4 is 5.32 Å². The topological polar surface area (TPSA) is 55.6 Å². The van der Waals surface area contributed by atoms with Crippen molar-refractivity contribution >= 4 is 34.2 Å². The summed E-state index contributed by atoms with van der Waals surface area (Å²) >= 11 is 1.62. The molecule has 0 amide bonds. The number of hydrogen-bond donors (Lipinski definition) is 1. The monoisotopic (exact) mass is 423 g/mol. The van der Waals surface area contributed by atoms with Crippen LogP contribution in [0.5, 0.6) is 0 Å². The van der Waals surface area contributed by atoms with Gasteiger partial charge in [0.25, 0.3) is 0 Å². The Bertz CT molecular complexity index is 1360. The quantitative estimate of drug-likeness (QED) is 0.338. The molecule has 0 radical (unpaired) electrons. The number of nitrogens with one attached hydrogen (secondary N) is 1. The number of nitrogens with zero attached hydrogens (tertiary/aromatic N) is 4. The second-order valence-electron chi connectivity index (χ2n) is 7.17. The van der Waals surface area contributed by atoms with E-state index in [1.807, 2.05) is 53.4 Å². The summed E-state index contributed by atoms with van der Waals surface area (Å²) in [4.78, 5) is 9.24. The summed E-state index contributed by atoms with van der Waals surface area (Å²) in [5, 5.41) is 11.5. The maximum atomic E-state index is 4.82. The Morgan fingerprint density at radius 3 is 2.45 bits per heavy atom. The average Bonchev–Trinajstić information content (AvgIpc) is 3.16. The second-order valence-corrected chi connectivity index (χ2v) is 7.96. The minimum absolute atomic E-state index is 0.562. The van der Waals surface area contributed by atoms with Crippen molar-refractivity contribution in [2.75, 3.05) is 11.6 Å². The number of benzene rings is 3. The minimum atomic E-state index is 0.562. The molecule has 3 aromatic carbocycles. The molecule has 0 bridgehead atoms. The van der Waals surface area contributed by atoms with Gasteiger partial charge in [-0.05, 0) is 54.3 Å². The molecule has 0 atom stereocenters. The van der Waals surface area contributed by atoms with Crippen LogP contribution in [0.3, 0.4) is 0 Å². The van der Waals surface area contributed by atoms with E-state index < -0.39 is 0 Å². The molecule has 0 saturated carbocycles. The highest BCUT2D eigenvalue weighted by molar-refractivity contribution is 7.98. The molecular weight excluding hydrogens is 402 g/mol. The van der Waals surface area contributed by atoms with Gasteiger partial charge >= 0.3 is 0 Å². The van der Waals surface area contributed by atoms with Gasteiger partial charge in [-0.3, -0.25) is 0 Å². The Morgan fingerprint density at radius 1 is 0.871 bits per heavy atom. The Balaban J connectivity index is 1.52. The lowest BCUT2D eigenvalue weighted by Gasteiger charge is -2.09. The largest absolute Gasteiger partial charge is 0.324 e. The molecule has 0 unspecified atom stereocenters. The van der Waals surface area contributed by atoms with E-state index in [0.29, 0.717) is 5.95 Å². The summed E-state index contributed by atoms with van der Waals surface area (Å²) in [6.45, 7) is 2.08. The number of fused-ring (bicyclic) bond motifs is 1. The van der Waals surface area contributed by atoms with E-state index in [0.717, 1.165) is 33.4 Å². The van der Waals surface area contributed by atoms with Gasteiger partial charge in [0, 0.05) is 11.9 Å². The van der Waals surface area contributed by atoms with Gasteiger partial charge in [0.2, 0.25) is 5.95 Å². The Kier molecular flexibility index (Phi) is 5.14. The van der Waals surface area contributed by atoms with E-state index in [-0.39, 0.29) is 0 Å². The molecule has 0 aliphatic heterocycles. The average molecular weight is 424 g/mol. The first-order valence-corrected chi connectivity index (χ1v) is 11.2. The number of anilines is 2. The molecule has 152 valence electrons. The standard InChI is InChI=1S/C25H21N5S/c1-17-23(24(31-2)29-30(17)21-10-4-3-5-11-21)22-14-15-26-25(28-22)27-20-13-12-18-8-6-7-9-19(18)16-20/h3-16H,1-2H3,(H,26,27,28). The first-order chi connectivity index (χ1) is 15.2. The van der Waals surface area contributed by atoms with Crippen molar-refractivity contribution in [1.82, 2.24) is 19.7 Å². The van der Waals surface area contributed by atoms with Gasteiger partial charge in [-0.2, -0.15) is 5.10 Å². The Hall–Kier alpha value is -3.64. The maximum Gasteiger partial charge on any atom is 0.227 e. The van der Waals surface area contributed by atoms with Crippen LogP contribution in [0, 0.1) is 6.92 Å². The summed E-state index contributed by atoms with van der Waals surface area (Å²) in [5.74, 6) is 0.562. The molecule has 5 nitrogen and oxygen atoms in total. The summed E-state index contributed by atoms with van der Waals surface area (Å²) in [7, 11) is 0. The molecule has 0 aliphatic rings. The number of rotatable bonds is 5. The highest BCUT2D eigenvalue weighted by Crippen LogP contribution is 2.33. The van der Waals surface area contributed by atoms with Crippen LogP contribution in [0.15, 0.2) is 90.1 Å². The molecule has 0 spiro atoms. The van der Waals surface area contributed by atoms with Crippen molar-refractivity contribution in [1.29, 1.82) is 0 Å². The highest BCUT2D eigenvalue weighted by Gasteiger charge is 2.18. The van der Waals surface area contributed by atoms with Gasteiger partial charge in [-0.15, -0.1) is 11.8 Å². The molecule has 6 heteroatoms. The smallest absolute Gasteiger partial charge is 0.227 e. The van der Waals surface area contributed by atoms with Crippen molar-refractivity contribution in [2.24, 2.45) is 0 Å². The molecule has 0 saturated heterocycles. The van der Waals surface area contributed by atoms with E-state index in [4.69, 9.17) is 10.1 Å². The van der Waals surface area contributed by atoms with Crippen LogP contribution >= 0.6 is 11.8 Å². The molecule has 1 N–H and O–H groups in total. The van der Waals surface area contributed by atoms with Crippen molar-refractivity contribution in [2.45, 2.75) is 11.9 Å². The Morgan fingerprint density at radius 2 is 1.65 bits per heavy atom. The van der Waals surface area contributed by atoms with Crippen molar-refractivity contribution < 1.29 is 0 Å². The van der Waals surface area contributed by atoms with Gasteiger partial charge in [-0.1, -0.05) is 48.5 Å². The molecule has 0 fully saturated rings. The van der Waals surface area contributed by atoms with Crippen LogP contribution in [0.25, 0.3) is 27.7 Å². The summed E-state index contributed by atoms with van der Waals surface area (Å²) in [6, 6.07) is 26.6. The molecular formula is C25H21N5S. The summed E-state index contributed by atoms with van der Waals surface area (Å²) in [6.07, 6.45) is 3.82. The fourth-order valence-corrected chi connectivity index (χ4v) is 4.31. The second kappa shape index (κ2) is 8.24. The van der Waals surface area contributed by atoms with Crippen molar-refractivity contribution in [3.63, 3.8) is 0 Å². The number of hydrogen-bond acceptors (Lipinski definition) is 5. The van der Waals surface area contributed by atoms with Gasteiger partial charge in [0.05, 0.1) is 22.6 Å². The van der Waals surface area contributed by atoms with Gasteiger partial charge in [-0.25, -0.2) is 14.6 Å². The fourth-order valence-electron chi connectivity index (χ4n) is 3.69. The van der Waals surface area contributed by atoms with E-state index in [1.165, 1.54) is 10.8 Å². The molecule has 2 aromatic heterocycles. The van der Waals surface area contributed by atoms with Crippen molar-refractivity contribution in [3.05, 3.63) is 90.8 Å². The third kappa shape index (κ3) is 3.78. The van der Waals surface area contributed by atoms with Gasteiger partial charge < -0.3 is 5.32 Å². The van der Waals surface area contributed by atoms with E-state index in [2.05, 4.69) is 53.6 Å². The third-order valence-corrected chi connectivity index (χ3v) is 5.87. The third-order valence-electron chi connectivity index (χ3n) is 5.20. The van der Waals surface area contributed by atoms with E-state index in [1.54, 1.807) is 18.0 Å². The lowest BCUT2D eigenvalue weighted by Crippen LogP contribution is -2.00. The zero-order valence-corrected chi connectivity index (χ0v) is 18.1. The zero-order valence-electron chi connectivity index (χ0n) is 17.3. The predicted molar refractivity (Wildman–Crippen MR) is 128 cm³/mol. The normalized spacial score (nSPS) is 11.0. The van der Waals surface area contributed by atoms with Crippen LogP contribution in [-0.2, 0) is 0 Å². The number of aromatic nitrogens is 4. The van der Waals surface area contributed by atoms with E-state index >= 15 is 0 Å². The Labute approximate surface area is 185 Å². The minimum Gasteiger partial charge on any atom is -0.324 e. The molecule has 5 rings (SSSR count). The summed E-state index contributed by atoms with van der Waals surface area (Å²) < 4.78 is 1.97.